The number of para-hydroxylation sites is 1. The first kappa shape index (κ1) is 19.5. The molecule has 0 radical (unpaired) electrons. The highest BCUT2D eigenvalue weighted by Gasteiger charge is 2.14. The molecule has 1 amide bonds. The summed E-state index contributed by atoms with van der Waals surface area (Å²) in [5.74, 6) is 0.392. The van der Waals surface area contributed by atoms with E-state index in [1.165, 1.54) is 5.56 Å². The van der Waals surface area contributed by atoms with E-state index in [2.05, 4.69) is 32.7 Å². The zero-order valence-corrected chi connectivity index (χ0v) is 16.6. The lowest BCUT2D eigenvalue weighted by atomic mass is 10.1. The van der Waals surface area contributed by atoms with E-state index in [-0.39, 0.29) is 11.9 Å². The lowest BCUT2D eigenvalue weighted by Crippen LogP contribution is -2.33. The van der Waals surface area contributed by atoms with Crippen LogP contribution in [0.5, 0.6) is 0 Å². The van der Waals surface area contributed by atoms with E-state index < -0.39 is 0 Å². The maximum absolute atomic E-state index is 12.8. The van der Waals surface area contributed by atoms with Gasteiger partial charge in [-0.3, -0.25) is 4.79 Å². The second kappa shape index (κ2) is 9.13. The van der Waals surface area contributed by atoms with E-state index in [0.29, 0.717) is 17.2 Å². The molecule has 5 nitrogen and oxygen atoms in total. The summed E-state index contributed by atoms with van der Waals surface area (Å²) in [5, 5.41) is 6.28. The molecule has 3 rings (SSSR count). The number of nitrogens with one attached hydrogen (secondary N) is 2. The van der Waals surface area contributed by atoms with Gasteiger partial charge in [-0.2, -0.15) is 0 Å². The lowest BCUT2D eigenvalue weighted by molar-refractivity contribution is 0.0939. The largest absolute Gasteiger partial charge is 0.350 e. The van der Waals surface area contributed by atoms with Crippen molar-refractivity contribution in [3.05, 3.63) is 83.2 Å². The number of aromatic nitrogens is 2. The number of nitrogens with zero attached hydrogens (tertiary/aromatic N) is 2. The van der Waals surface area contributed by atoms with E-state index in [1.807, 2.05) is 69.3 Å². The van der Waals surface area contributed by atoms with Crippen LogP contribution >= 0.6 is 0 Å². The van der Waals surface area contributed by atoms with Crippen molar-refractivity contribution < 1.29 is 4.79 Å². The first-order valence-corrected chi connectivity index (χ1v) is 9.54. The quantitative estimate of drug-likeness (QED) is 0.635. The third kappa shape index (κ3) is 5.39. The SMILES string of the molecule is Cc1cc(C)nc(Nc2ccccc2C(=O)NC(C)CCc2ccccc2)n1. The van der Waals surface area contributed by atoms with Crippen LogP contribution in [-0.4, -0.2) is 21.9 Å². The Labute approximate surface area is 166 Å². The highest BCUT2D eigenvalue weighted by Crippen LogP contribution is 2.19. The molecule has 0 aliphatic carbocycles. The first-order chi connectivity index (χ1) is 13.5. The van der Waals surface area contributed by atoms with Crippen LogP contribution in [0.1, 0.15) is 40.7 Å². The van der Waals surface area contributed by atoms with Gasteiger partial charge in [-0.25, -0.2) is 9.97 Å². The molecule has 28 heavy (non-hydrogen) atoms. The normalized spacial score (nSPS) is 11.7. The average molecular weight is 374 g/mol. The first-order valence-electron chi connectivity index (χ1n) is 9.54. The molecule has 0 aliphatic heterocycles. The van der Waals surface area contributed by atoms with Gasteiger partial charge >= 0.3 is 0 Å². The van der Waals surface area contributed by atoms with Crippen LogP contribution in [0.15, 0.2) is 60.7 Å². The fourth-order valence-electron chi connectivity index (χ4n) is 3.09. The van der Waals surface area contributed by atoms with Crippen LogP contribution in [0.25, 0.3) is 0 Å². The van der Waals surface area contributed by atoms with E-state index in [9.17, 15) is 4.79 Å². The van der Waals surface area contributed by atoms with Crippen LogP contribution in [0.3, 0.4) is 0 Å². The lowest BCUT2D eigenvalue weighted by Gasteiger charge is -2.16. The number of aryl methyl sites for hydroxylation is 3. The molecule has 144 valence electrons. The molecule has 3 aromatic rings. The minimum Gasteiger partial charge on any atom is -0.350 e. The van der Waals surface area contributed by atoms with Crippen molar-refractivity contribution in [2.75, 3.05) is 5.32 Å². The fraction of sp³-hybridized carbons (Fsp3) is 0.261. The van der Waals surface area contributed by atoms with Crippen LogP contribution < -0.4 is 10.6 Å². The Hall–Kier alpha value is -3.21. The number of carbonyl (C=O) groups excluding carboxylic acids is 1. The van der Waals surface area contributed by atoms with Crippen molar-refractivity contribution in [2.24, 2.45) is 0 Å². The number of amides is 1. The van der Waals surface area contributed by atoms with Crippen LogP contribution in [-0.2, 0) is 6.42 Å². The van der Waals surface area contributed by atoms with Gasteiger partial charge in [-0.1, -0.05) is 42.5 Å². The van der Waals surface area contributed by atoms with Crippen molar-refractivity contribution in [1.82, 2.24) is 15.3 Å². The predicted octanol–water partition coefficient (Wildman–Crippen LogP) is 4.59. The van der Waals surface area contributed by atoms with Gasteiger partial charge in [-0.15, -0.1) is 0 Å². The standard InChI is InChI=1S/C23H26N4O/c1-16(13-14-19-9-5-4-6-10-19)24-22(28)20-11-7-8-12-21(20)27-23-25-17(2)15-18(3)26-23/h4-12,15-16H,13-14H2,1-3H3,(H,24,28)(H,25,26,27). The molecule has 0 bridgehead atoms. The van der Waals surface area contributed by atoms with E-state index in [4.69, 9.17) is 0 Å². The van der Waals surface area contributed by atoms with Crippen LogP contribution in [0.4, 0.5) is 11.6 Å². The van der Waals surface area contributed by atoms with Crippen LogP contribution in [0.2, 0.25) is 0 Å². The third-order valence-corrected chi connectivity index (χ3v) is 4.49. The Kier molecular flexibility index (Phi) is 6.37. The molecular weight excluding hydrogens is 348 g/mol. The second-order valence-electron chi connectivity index (χ2n) is 7.04. The summed E-state index contributed by atoms with van der Waals surface area (Å²) in [7, 11) is 0. The van der Waals surface area contributed by atoms with Crippen molar-refractivity contribution >= 4 is 17.5 Å². The highest BCUT2D eigenvalue weighted by atomic mass is 16.1. The Morgan fingerprint density at radius 2 is 1.61 bits per heavy atom. The van der Waals surface area contributed by atoms with Gasteiger partial charge in [0.15, 0.2) is 0 Å². The number of rotatable bonds is 7. The molecule has 2 N–H and O–H groups in total. The average Bonchev–Trinajstić information content (AvgIpc) is 2.67. The zero-order valence-electron chi connectivity index (χ0n) is 16.6. The van der Waals surface area contributed by atoms with Crippen LogP contribution in [0, 0.1) is 13.8 Å². The second-order valence-corrected chi connectivity index (χ2v) is 7.04. The molecule has 5 heteroatoms. The van der Waals surface area contributed by atoms with Crippen molar-refractivity contribution in [2.45, 2.75) is 39.7 Å². The zero-order chi connectivity index (χ0) is 19.9. The van der Waals surface area contributed by atoms with Crippen molar-refractivity contribution in [3.8, 4) is 0 Å². The summed E-state index contributed by atoms with van der Waals surface area (Å²) in [6.45, 7) is 5.88. The van der Waals surface area contributed by atoms with Gasteiger partial charge in [0.1, 0.15) is 0 Å². The van der Waals surface area contributed by atoms with Gasteiger partial charge < -0.3 is 10.6 Å². The summed E-state index contributed by atoms with van der Waals surface area (Å²) in [6.07, 6.45) is 1.81. The summed E-state index contributed by atoms with van der Waals surface area (Å²) < 4.78 is 0. The van der Waals surface area contributed by atoms with Gasteiger partial charge in [0.25, 0.3) is 5.91 Å². The maximum atomic E-state index is 12.8. The molecule has 1 aromatic heterocycles. The Balaban J connectivity index is 1.66. The number of benzene rings is 2. The number of anilines is 2. The fourth-order valence-corrected chi connectivity index (χ4v) is 3.09. The minimum absolute atomic E-state index is 0.0678. The van der Waals surface area contributed by atoms with Gasteiger partial charge in [0.2, 0.25) is 5.95 Å². The number of hydrogen-bond acceptors (Lipinski definition) is 4. The molecule has 1 heterocycles. The number of hydrogen-bond donors (Lipinski definition) is 2. The predicted molar refractivity (Wildman–Crippen MR) is 113 cm³/mol. The van der Waals surface area contributed by atoms with Gasteiger partial charge in [0.05, 0.1) is 11.3 Å². The van der Waals surface area contributed by atoms with Gasteiger partial charge in [0, 0.05) is 17.4 Å². The molecule has 2 aromatic carbocycles. The monoisotopic (exact) mass is 374 g/mol. The maximum Gasteiger partial charge on any atom is 0.253 e. The summed E-state index contributed by atoms with van der Waals surface area (Å²) >= 11 is 0. The molecule has 1 atom stereocenters. The van der Waals surface area contributed by atoms with E-state index in [1.54, 1.807) is 0 Å². The molecule has 0 fully saturated rings. The molecule has 0 aliphatic rings. The topological polar surface area (TPSA) is 66.9 Å². The Morgan fingerprint density at radius 1 is 0.964 bits per heavy atom. The third-order valence-electron chi connectivity index (χ3n) is 4.49. The Morgan fingerprint density at radius 3 is 2.32 bits per heavy atom. The van der Waals surface area contributed by atoms with Crippen molar-refractivity contribution in [3.63, 3.8) is 0 Å². The highest BCUT2D eigenvalue weighted by molar-refractivity contribution is 6.00. The minimum atomic E-state index is -0.104. The summed E-state index contributed by atoms with van der Waals surface area (Å²) in [4.78, 5) is 21.6. The van der Waals surface area contributed by atoms with E-state index >= 15 is 0 Å². The molecule has 0 spiro atoms. The molecule has 1 unspecified atom stereocenters. The summed E-state index contributed by atoms with van der Waals surface area (Å²) in [5.41, 5.74) is 4.31. The van der Waals surface area contributed by atoms with E-state index in [0.717, 1.165) is 24.2 Å². The van der Waals surface area contributed by atoms with Crippen molar-refractivity contribution in [1.29, 1.82) is 0 Å². The molecular formula is C23H26N4O. The molecule has 0 saturated heterocycles. The summed E-state index contributed by atoms with van der Waals surface area (Å²) in [6, 6.07) is 19.7. The smallest absolute Gasteiger partial charge is 0.253 e. The Bertz CT molecular complexity index is 920. The molecule has 0 saturated carbocycles. The van der Waals surface area contributed by atoms with Gasteiger partial charge in [-0.05, 0) is 57.4 Å². The number of carbonyl (C=O) groups is 1.